The van der Waals surface area contributed by atoms with Gasteiger partial charge >= 0.3 is 22.1 Å². The minimum Gasteiger partial charge on any atom is -0.493 e. The Kier molecular flexibility index (Phi) is 3.05. The van der Waals surface area contributed by atoms with E-state index in [4.69, 9.17) is 5.11 Å². The zero-order valence-electron chi connectivity index (χ0n) is 6.71. The number of hydrogen-bond donors (Lipinski definition) is 1. The molecule has 1 aromatic rings. The summed E-state index contributed by atoms with van der Waals surface area (Å²) in [5.41, 5.74) is 0. The number of thioether (sulfide) groups is 1. The molecule has 0 atom stereocenters. The highest BCUT2D eigenvalue weighted by molar-refractivity contribution is 8.00. The second-order valence-corrected chi connectivity index (χ2v) is 4.12. The molecule has 8 heteroatoms. The molecule has 0 fully saturated rings. The molecule has 0 aliphatic carbocycles. The lowest BCUT2D eigenvalue weighted by molar-refractivity contribution is -0.0902. The maximum Gasteiger partial charge on any atom is 0.464 e. The normalized spacial score (nSPS) is 11.7. The van der Waals surface area contributed by atoms with E-state index in [0.29, 0.717) is 11.3 Å². The quantitative estimate of drug-likeness (QED) is 0.494. The van der Waals surface area contributed by atoms with E-state index in [9.17, 15) is 18.0 Å². The summed E-state index contributed by atoms with van der Waals surface area (Å²) < 4.78 is 40.3. The molecule has 1 heterocycles. The Balaban J connectivity index is 3.07. The molecule has 0 saturated heterocycles. The van der Waals surface area contributed by atoms with Crippen molar-refractivity contribution in [2.75, 3.05) is 6.26 Å². The van der Waals surface area contributed by atoms with Gasteiger partial charge in [-0.15, -0.1) is 0 Å². The van der Waals surface area contributed by atoms with Crippen molar-refractivity contribution in [1.82, 2.24) is 0 Å². The van der Waals surface area contributed by atoms with Crippen molar-refractivity contribution in [3.8, 4) is 5.06 Å². The van der Waals surface area contributed by atoms with Crippen LogP contribution in [0.4, 0.5) is 13.2 Å². The fraction of sp³-hybridized carbons (Fsp3) is 0.333. The van der Waals surface area contributed by atoms with E-state index >= 15 is 0 Å². The summed E-state index contributed by atoms with van der Waals surface area (Å²) in [6.45, 7) is 0. The van der Waals surface area contributed by atoms with E-state index in [2.05, 4.69) is 4.42 Å². The predicted molar refractivity (Wildman–Crippen MR) is 44.8 cm³/mol. The van der Waals surface area contributed by atoms with Gasteiger partial charge in [0.25, 0.3) is 5.06 Å². The topological polar surface area (TPSA) is 48.6 Å². The van der Waals surface area contributed by atoms with Crippen LogP contribution in [0.3, 0.4) is 0 Å². The van der Waals surface area contributed by atoms with Gasteiger partial charge in [-0.05, 0) is 18.0 Å². The van der Waals surface area contributed by atoms with Crippen molar-refractivity contribution in [3.63, 3.8) is 0 Å². The Labute approximate surface area is 84.5 Å². The van der Waals surface area contributed by atoms with Crippen molar-refractivity contribution in [3.05, 3.63) is 5.76 Å². The first kappa shape index (κ1) is 11.3. The summed E-state index contributed by atoms with van der Waals surface area (Å²) >= 11 is 1.59. The highest BCUT2D eigenvalue weighted by Crippen LogP contribution is 2.37. The number of carbonyl (C=O) groups is 1. The second-order valence-electron chi connectivity index (χ2n) is 2.12. The van der Waals surface area contributed by atoms with E-state index < -0.39 is 22.8 Å². The molecule has 1 N–H and O–H groups in total. The zero-order valence-corrected chi connectivity index (χ0v) is 8.35. The van der Waals surface area contributed by atoms with Crippen LogP contribution in [0.2, 0.25) is 0 Å². The average Bonchev–Trinajstić information content (AvgIpc) is 2.43. The molecule has 0 bridgehead atoms. The van der Waals surface area contributed by atoms with E-state index in [-0.39, 0.29) is 4.41 Å². The number of carbonyl (C=O) groups excluding carboxylic acids is 1. The van der Waals surface area contributed by atoms with Gasteiger partial charge in [0.15, 0.2) is 0 Å². The van der Waals surface area contributed by atoms with E-state index in [1.54, 1.807) is 6.26 Å². The van der Waals surface area contributed by atoms with Crippen LogP contribution < -0.4 is 0 Å². The molecule has 0 spiro atoms. The Morgan fingerprint density at radius 3 is 2.50 bits per heavy atom. The molecule has 0 unspecified atom stereocenters. The number of aromatic hydroxyl groups is 1. The molecule has 1 aromatic heterocycles. The molecule has 78 valence electrons. The summed E-state index contributed by atoms with van der Waals surface area (Å²) in [7, 11) is 0. The number of ketones is 1. The number of alkyl halides is 3. The van der Waals surface area contributed by atoms with Crippen LogP contribution in [-0.2, 0) is 0 Å². The molecular formula is C6H4F3O3S2+. The van der Waals surface area contributed by atoms with E-state index in [1.165, 1.54) is 0 Å². The molecule has 0 aliphatic heterocycles. The maximum atomic E-state index is 11.9. The molecule has 0 saturated carbocycles. The third kappa shape index (κ3) is 2.18. The van der Waals surface area contributed by atoms with Crippen molar-refractivity contribution < 1.29 is 27.5 Å². The predicted octanol–water partition coefficient (Wildman–Crippen LogP) is 2.79. The SMILES string of the molecule is CSc1[o+]c(C(=O)C(F)(F)F)c(O)s1. The minimum absolute atomic E-state index is 0.0927. The summed E-state index contributed by atoms with van der Waals surface area (Å²) in [6, 6.07) is 0. The van der Waals surface area contributed by atoms with Crippen molar-refractivity contribution in [1.29, 1.82) is 0 Å². The third-order valence-electron chi connectivity index (χ3n) is 1.19. The minimum atomic E-state index is -5.03. The van der Waals surface area contributed by atoms with Crippen LogP contribution in [-0.4, -0.2) is 23.3 Å². The Morgan fingerprint density at radius 1 is 1.57 bits per heavy atom. The molecule has 0 amide bonds. The van der Waals surface area contributed by atoms with E-state index in [0.717, 1.165) is 11.8 Å². The number of rotatable bonds is 2. The first-order valence-electron chi connectivity index (χ1n) is 3.17. The van der Waals surface area contributed by atoms with Crippen LogP contribution >= 0.6 is 23.1 Å². The van der Waals surface area contributed by atoms with Gasteiger partial charge in [0.05, 0.1) is 0 Å². The summed E-state index contributed by atoms with van der Waals surface area (Å²) in [6.07, 6.45) is -3.48. The lowest BCUT2D eigenvalue weighted by Crippen LogP contribution is -2.22. The maximum absolute atomic E-state index is 11.9. The Bertz CT molecular complexity index is 358. The van der Waals surface area contributed by atoms with Gasteiger partial charge in [0, 0.05) is 11.3 Å². The molecule has 0 aliphatic rings. The van der Waals surface area contributed by atoms with Crippen LogP contribution in [0.5, 0.6) is 5.06 Å². The van der Waals surface area contributed by atoms with Crippen LogP contribution in [0.25, 0.3) is 0 Å². The van der Waals surface area contributed by atoms with Crippen LogP contribution in [0.15, 0.2) is 8.82 Å². The van der Waals surface area contributed by atoms with Crippen molar-refractivity contribution >= 4 is 28.9 Å². The molecule has 3 nitrogen and oxygen atoms in total. The van der Waals surface area contributed by atoms with Crippen LogP contribution in [0.1, 0.15) is 10.6 Å². The standard InChI is InChI=1S/C6H3F3O3S2/c1-13-5-12-2(4(11)14-5)3(10)6(7,8)9/h1H3/p+1. The summed E-state index contributed by atoms with van der Waals surface area (Å²) in [4.78, 5) is 10.6. The lowest BCUT2D eigenvalue weighted by Gasteiger charge is -1.95. The largest absolute Gasteiger partial charge is 0.493 e. The summed E-state index contributed by atoms with van der Waals surface area (Å²) in [5, 5.41) is 8.23. The second kappa shape index (κ2) is 3.77. The first-order valence-corrected chi connectivity index (χ1v) is 5.21. The monoisotopic (exact) mass is 245 g/mol. The van der Waals surface area contributed by atoms with Gasteiger partial charge in [0.2, 0.25) is 0 Å². The molecule has 1 rings (SSSR count). The Hall–Kier alpha value is -0.760. The molecule has 0 radical (unpaired) electrons. The van der Waals surface area contributed by atoms with Gasteiger partial charge in [-0.25, -0.2) is 0 Å². The lowest BCUT2D eigenvalue weighted by atomic mass is 10.3. The van der Waals surface area contributed by atoms with Gasteiger partial charge in [-0.2, -0.15) is 17.6 Å². The number of Topliss-reactive ketones (excluding diaryl/α,β-unsaturated/α-hetero) is 1. The first-order chi connectivity index (χ1) is 6.36. The number of halogens is 3. The highest BCUT2D eigenvalue weighted by Gasteiger charge is 2.50. The van der Waals surface area contributed by atoms with Crippen LogP contribution in [0, 0.1) is 0 Å². The number of hydrogen-bond acceptors (Lipinski definition) is 4. The average molecular weight is 245 g/mol. The van der Waals surface area contributed by atoms with E-state index in [1.807, 2.05) is 0 Å². The molecule has 14 heavy (non-hydrogen) atoms. The third-order valence-corrected chi connectivity index (χ3v) is 2.99. The van der Waals surface area contributed by atoms with Gasteiger partial charge < -0.3 is 5.11 Å². The van der Waals surface area contributed by atoms with Crippen molar-refractivity contribution in [2.24, 2.45) is 0 Å². The fourth-order valence-corrected chi connectivity index (χ4v) is 1.88. The highest BCUT2D eigenvalue weighted by atomic mass is 32.2. The summed E-state index contributed by atoms with van der Waals surface area (Å²) in [5.74, 6) is -3.22. The fourth-order valence-electron chi connectivity index (χ4n) is 0.629. The molecule has 0 aromatic carbocycles. The Morgan fingerprint density at radius 2 is 2.14 bits per heavy atom. The van der Waals surface area contributed by atoms with Gasteiger partial charge in [-0.3, -0.25) is 4.79 Å². The zero-order chi connectivity index (χ0) is 10.9. The smallest absolute Gasteiger partial charge is 0.464 e. The van der Waals surface area contributed by atoms with Gasteiger partial charge in [-0.1, -0.05) is 0 Å². The van der Waals surface area contributed by atoms with Gasteiger partial charge in [0.1, 0.15) is 0 Å². The molecular weight excluding hydrogens is 241 g/mol. The van der Waals surface area contributed by atoms with Crippen molar-refractivity contribution in [2.45, 2.75) is 10.6 Å².